The number of rotatable bonds is 1. The van der Waals surface area contributed by atoms with Crippen LogP contribution in [0.3, 0.4) is 0 Å². The van der Waals surface area contributed by atoms with E-state index in [1.807, 2.05) is 0 Å². The van der Waals surface area contributed by atoms with E-state index in [4.69, 9.17) is 23.2 Å². The molecular formula is C11H5Cl2FN4. The van der Waals surface area contributed by atoms with Crippen molar-refractivity contribution < 1.29 is 4.39 Å². The van der Waals surface area contributed by atoms with Gasteiger partial charge < -0.3 is 0 Å². The number of hydrogen-bond donors (Lipinski definition) is 0. The molecule has 0 radical (unpaired) electrons. The predicted molar refractivity (Wildman–Crippen MR) is 66.6 cm³/mol. The summed E-state index contributed by atoms with van der Waals surface area (Å²) in [6, 6.07) is 4.41. The first-order valence-corrected chi connectivity index (χ1v) is 5.73. The van der Waals surface area contributed by atoms with Gasteiger partial charge in [-0.25, -0.2) is 14.1 Å². The molecule has 3 rings (SSSR count). The molecule has 2 aromatic heterocycles. The monoisotopic (exact) mass is 282 g/mol. The van der Waals surface area contributed by atoms with Crippen molar-refractivity contribution in [3.63, 3.8) is 0 Å². The zero-order chi connectivity index (χ0) is 12.7. The summed E-state index contributed by atoms with van der Waals surface area (Å²) in [5.74, 6) is -0.484. The molecule has 0 bridgehead atoms. The fraction of sp³-hybridized carbons (Fsp3) is 0. The SMILES string of the molecule is Fc1cccc(Cl)c1-n1ncc2cnc(Cl)nc21. The third-order valence-electron chi connectivity index (χ3n) is 2.43. The molecule has 0 saturated carbocycles. The Hall–Kier alpha value is -1.72. The van der Waals surface area contributed by atoms with Crippen LogP contribution in [-0.4, -0.2) is 19.7 Å². The highest BCUT2D eigenvalue weighted by atomic mass is 35.5. The quantitative estimate of drug-likeness (QED) is 0.644. The van der Waals surface area contributed by atoms with Crippen molar-refractivity contribution in [2.45, 2.75) is 0 Å². The summed E-state index contributed by atoms with van der Waals surface area (Å²) in [6.07, 6.45) is 3.04. The summed E-state index contributed by atoms with van der Waals surface area (Å²) in [4.78, 5) is 7.86. The zero-order valence-corrected chi connectivity index (χ0v) is 10.3. The van der Waals surface area contributed by atoms with E-state index in [0.717, 1.165) is 0 Å². The van der Waals surface area contributed by atoms with Gasteiger partial charge in [-0.2, -0.15) is 10.1 Å². The maximum absolute atomic E-state index is 13.8. The van der Waals surface area contributed by atoms with Gasteiger partial charge in [-0.1, -0.05) is 17.7 Å². The van der Waals surface area contributed by atoms with Crippen LogP contribution in [0.5, 0.6) is 0 Å². The maximum atomic E-state index is 13.8. The summed E-state index contributed by atoms with van der Waals surface area (Å²) >= 11 is 11.7. The van der Waals surface area contributed by atoms with Gasteiger partial charge in [-0.05, 0) is 23.7 Å². The van der Waals surface area contributed by atoms with Gasteiger partial charge in [0.05, 0.1) is 16.6 Å². The lowest BCUT2D eigenvalue weighted by atomic mass is 10.3. The number of nitrogens with zero attached hydrogens (tertiary/aromatic N) is 4. The fourth-order valence-corrected chi connectivity index (χ4v) is 2.02. The molecule has 0 amide bonds. The second-order valence-corrected chi connectivity index (χ2v) is 4.29. The molecule has 2 heterocycles. The summed E-state index contributed by atoms with van der Waals surface area (Å²) in [5, 5.41) is 5.02. The van der Waals surface area contributed by atoms with Gasteiger partial charge in [-0.3, -0.25) is 0 Å². The maximum Gasteiger partial charge on any atom is 0.224 e. The lowest BCUT2D eigenvalue weighted by Gasteiger charge is -2.06. The first-order chi connectivity index (χ1) is 8.66. The minimum atomic E-state index is -0.484. The molecule has 0 unspecified atom stereocenters. The van der Waals surface area contributed by atoms with Crippen LogP contribution in [0.1, 0.15) is 0 Å². The fourth-order valence-electron chi connectivity index (χ4n) is 1.65. The highest BCUT2D eigenvalue weighted by Crippen LogP contribution is 2.25. The second-order valence-electron chi connectivity index (χ2n) is 3.54. The van der Waals surface area contributed by atoms with Crippen molar-refractivity contribution >= 4 is 34.2 Å². The minimum absolute atomic E-state index is 0.0664. The number of fused-ring (bicyclic) bond motifs is 1. The number of hydrogen-bond acceptors (Lipinski definition) is 3. The molecule has 3 aromatic rings. The number of para-hydroxylation sites is 1. The lowest BCUT2D eigenvalue weighted by molar-refractivity contribution is 0.612. The van der Waals surface area contributed by atoms with Crippen LogP contribution in [0.25, 0.3) is 16.7 Å². The van der Waals surface area contributed by atoms with Gasteiger partial charge in [0.15, 0.2) is 5.65 Å². The molecule has 0 aliphatic heterocycles. The molecule has 0 saturated heterocycles. The molecule has 0 aliphatic carbocycles. The molecule has 0 N–H and O–H groups in total. The Morgan fingerprint density at radius 2 is 2.00 bits per heavy atom. The van der Waals surface area contributed by atoms with E-state index in [0.29, 0.717) is 11.0 Å². The van der Waals surface area contributed by atoms with Gasteiger partial charge in [0, 0.05) is 6.20 Å². The van der Waals surface area contributed by atoms with Crippen LogP contribution in [0.4, 0.5) is 4.39 Å². The smallest absolute Gasteiger partial charge is 0.224 e. The average molecular weight is 283 g/mol. The van der Waals surface area contributed by atoms with E-state index in [1.165, 1.54) is 29.2 Å². The van der Waals surface area contributed by atoms with E-state index in [1.54, 1.807) is 6.07 Å². The molecule has 0 atom stereocenters. The van der Waals surface area contributed by atoms with E-state index in [2.05, 4.69) is 15.1 Å². The normalized spacial score (nSPS) is 11.1. The van der Waals surface area contributed by atoms with Crippen molar-refractivity contribution in [2.75, 3.05) is 0 Å². The predicted octanol–water partition coefficient (Wildman–Crippen LogP) is 3.26. The molecule has 0 fully saturated rings. The van der Waals surface area contributed by atoms with Crippen molar-refractivity contribution in [1.29, 1.82) is 0 Å². The molecule has 7 heteroatoms. The highest BCUT2D eigenvalue weighted by Gasteiger charge is 2.14. The molecule has 0 spiro atoms. The lowest BCUT2D eigenvalue weighted by Crippen LogP contribution is -2.02. The topological polar surface area (TPSA) is 43.6 Å². The van der Waals surface area contributed by atoms with Crippen molar-refractivity contribution in [2.24, 2.45) is 0 Å². The molecule has 18 heavy (non-hydrogen) atoms. The van der Waals surface area contributed by atoms with Crippen LogP contribution >= 0.6 is 23.2 Å². The minimum Gasteiger partial charge on any atom is -0.226 e. The first-order valence-electron chi connectivity index (χ1n) is 4.97. The number of benzene rings is 1. The Kier molecular flexibility index (Phi) is 2.65. The molecule has 4 nitrogen and oxygen atoms in total. The van der Waals surface area contributed by atoms with E-state index in [9.17, 15) is 4.39 Å². The first kappa shape index (κ1) is 11.4. The number of halogens is 3. The third-order valence-corrected chi connectivity index (χ3v) is 2.92. The zero-order valence-electron chi connectivity index (χ0n) is 8.81. The van der Waals surface area contributed by atoms with E-state index in [-0.39, 0.29) is 16.0 Å². The highest BCUT2D eigenvalue weighted by molar-refractivity contribution is 6.32. The molecule has 0 aliphatic rings. The van der Waals surface area contributed by atoms with Crippen molar-refractivity contribution in [1.82, 2.24) is 19.7 Å². The van der Waals surface area contributed by atoms with E-state index < -0.39 is 5.82 Å². The second kappa shape index (κ2) is 4.19. The van der Waals surface area contributed by atoms with Crippen molar-refractivity contribution in [3.05, 3.63) is 46.7 Å². The van der Waals surface area contributed by atoms with Gasteiger partial charge in [0.2, 0.25) is 5.28 Å². The van der Waals surface area contributed by atoms with Crippen LogP contribution in [0.2, 0.25) is 10.3 Å². The Balaban J connectivity index is 2.35. The Morgan fingerprint density at radius 3 is 2.78 bits per heavy atom. The summed E-state index contributed by atoms with van der Waals surface area (Å²) in [6.45, 7) is 0. The average Bonchev–Trinajstić information content (AvgIpc) is 2.72. The molecule has 1 aromatic carbocycles. The van der Waals surface area contributed by atoms with Crippen LogP contribution in [0.15, 0.2) is 30.6 Å². The van der Waals surface area contributed by atoms with Gasteiger partial charge in [0.25, 0.3) is 0 Å². The standard InChI is InChI=1S/C11H5Cl2FN4/c12-7-2-1-3-8(14)9(7)18-10-6(5-16-18)4-15-11(13)17-10/h1-5H. The summed E-state index contributed by atoms with van der Waals surface area (Å²) in [7, 11) is 0. The van der Waals surface area contributed by atoms with Crippen LogP contribution in [0, 0.1) is 5.82 Å². The molecule has 90 valence electrons. The summed E-state index contributed by atoms with van der Waals surface area (Å²) in [5.41, 5.74) is 0.547. The Bertz CT molecular complexity index is 721. The van der Waals surface area contributed by atoms with Gasteiger partial charge >= 0.3 is 0 Å². The van der Waals surface area contributed by atoms with Gasteiger partial charge in [0.1, 0.15) is 11.5 Å². The largest absolute Gasteiger partial charge is 0.226 e. The van der Waals surface area contributed by atoms with Crippen LogP contribution in [-0.2, 0) is 0 Å². The van der Waals surface area contributed by atoms with Crippen LogP contribution < -0.4 is 0 Å². The molecular weight excluding hydrogens is 278 g/mol. The van der Waals surface area contributed by atoms with Gasteiger partial charge in [-0.15, -0.1) is 0 Å². The number of aromatic nitrogens is 4. The Labute approximate surface area is 111 Å². The third kappa shape index (κ3) is 1.72. The van der Waals surface area contributed by atoms with E-state index >= 15 is 0 Å². The summed E-state index contributed by atoms with van der Waals surface area (Å²) < 4.78 is 15.1. The Morgan fingerprint density at radius 1 is 1.17 bits per heavy atom. The van der Waals surface area contributed by atoms with Crippen molar-refractivity contribution in [3.8, 4) is 5.69 Å².